The highest BCUT2D eigenvalue weighted by atomic mass is 35.5. The van der Waals surface area contributed by atoms with Crippen molar-refractivity contribution in [2.45, 2.75) is 13.5 Å². The zero-order chi connectivity index (χ0) is 22.5. The zero-order valence-corrected chi connectivity index (χ0v) is 18.0. The Bertz CT molecular complexity index is 1270. The predicted octanol–water partition coefficient (Wildman–Crippen LogP) is 4.50. The van der Waals surface area contributed by atoms with E-state index < -0.39 is 5.91 Å². The zero-order valence-electron chi connectivity index (χ0n) is 17.2. The molecule has 1 amide bonds. The number of carbonyl (C=O) groups is 1. The van der Waals surface area contributed by atoms with E-state index in [2.05, 4.69) is 20.3 Å². The first-order valence-corrected chi connectivity index (χ1v) is 10.2. The molecule has 0 aliphatic carbocycles. The van der Waals surface area contributed by atoms with Crippen LogP contribution in [0.25, 0.3) is 10.9 Å². The lowest BCUT2D eigenvalue weighted by atomic mass is 10.2. The van der Waals surface area contributed by atoms with E-state index in [0.717, 1.165) is 5.69 Å². The Labute approximate surface area is 189 Å². The van der Waals surface area contributed by atoms with Gasteiger partial charge in [0, 0.05) is 23.3 Å². The number of hydrogen-bond acceptors (Lipinski definition) is 7. The monoisotopic (exact) mass is 449 g/mol. The quantitative estimate of drug-likeness (QED) is 0.407. The molecular formula is C23H20ClN5O3. The van der Waals surface area contributed by atoms with E-state index in [1.165, 1.54) is 0 Å². The summed E-state index contributed by atoms with van der Waals surface area (Å²) in [5.74, 6) is 0.750. The molecule has 2 heterocycles. The van der Waals surface area contributed by atoms with Crippen molar-refractivity contribution >= 4 is 39.9 Å². The highest BCUT2D eigenvalue weighted by Crippen LogP contribution is 2.32. The van der Waals surface area contributed by atoms with Gasteiger partial charge in [0.05, 0.1) is 22.8 Å². The number of ether oxygens (including phenoxy) is 2. The molecule has 0 bridgehead atoms. The molecule has 2 aromatic carbocycles. The molecule has 2 aromatic heterocycles. The number of nitrogens with one attached hydrogen (secondary N) is 1. The van der Waals surface area contributed by atoms with Crippen LogP contribution in [0.3, 0.4) is 0 Å². The van der Waals surface area contributed by atoms with Crippen LogP contribution in [0.1, 0.15) is 23.2 Å². The van der Waals surface area contributed by atoms with Crippen molar-refractivity contribution in [2.24, 2.45) is 5.73 Å². The molecule has 0 saturated heterocycles. The summed E-state index contributed by atoms with van der Waals surface area (Å²) in [5, 5.41) is 4.30. The number of primary amides is 1. The molecule has 0 atom stereocenters. The normalized spacial score (nSPS) is 10.7. The van der Waals surface area contributed by atoms with E-state index in [-0.39, 0.29) is 5.82 Å². The summed E-state index contributed by atoms with van der Waals surface area (Å²) in [5.41, 5.74) is 7.41. The van der Waals surface area contributed by atoms with Crippen LogP contribution < -0.4 is 20.5 Å². The van der Waals surface area contributed by atoms with Crippen LogP contribution in [-0.4, -0.2) is 27.5 Å². The van der Waals surface area contributed by atoms with Crippen molar-refractivity contribution in [1.29, 1.82) is 0 Å². The van der Waals surface area contributed by atoms with Crippen LogP contribution in [0.4, 0.5) is 11.5 Å². The molecule has 4 aromatic rings. The van der Waals surface area contributed by atoms with Gasteiger partial charge in [0.25, 0.3) is 5.91 Å². The first kappa shape index (κ1) is 21.3. The van der Waals surface area contributed by atoms with Crippen LogP contribution in [-0.2, 0) is 6.61 Å². The maximum atomic E-state index is 11.7. The topological polar surface area (TPSA) is 112 Å². The number of fused-ring (bicyclic) bond motifs is 1. The second kappa shape index (κ2) is 9.49. The van der Waals surface area contributed by atoms with Crippen molar-refractivity contribution in [2.75, 3.05) is 11.9 Å². The van der Waals surface area contributed by atoms with Gasteiger partial charge in [-0.1, -0.05) is 17.7 Å². The average Bonchev–Trinajstić information content (AvgIpc) is 2.79. The van der Waals surface area contributed by atoms with Gasteiger partial charge in [0.15, 0.2) is 0 Å². The van der Waals surface area contributed by atoms with Crippen molar-refractivity contribution in [1.82, 2.24) is 15.0 Å². The van der Waals surface area contributed by atoms with Crippen molar-refractivity contribution in [3.63, 3.8) is 0 Å². The minimum atomic E-state index is -0.729. The Morgan fingerprint density at radius 1 is 1.09 bits per heavy atom. The molecule has 162 valence electrons. The summed E-state index contributed by atoms with van der Waals surface area (Å²) < 4.78 is 11.3. The Hall–Kier alpha value is -3.91. The molecule has 0 unspecified atom stereocenters. The van der Waals surface area contributed by atoms with E-state index >= 15 is 0 Å². The van der Waals surface area contributed by atoms with Gasteiger partial charge in [0.1, 0.15) is 23.9 Å². The van der Waals surface area contributed by atoms with Crippen molar-refractivity contribution < 1.29 is 14.3 Å². The Morgan fingerprint density at radius 3 is 2.69 bits per heavy atom. The van der Waals surface area contributed by atoms with Gasteiger partial charge in [-0.05, 0) is 49.4 Å². The maximum Gasteiger partial charge on any atom is 0.286 e. The van der Waals surface area contributed by atoms with E-state index in [1.807, 2.05) is 37.3 Å². The lowest BCUT2D eigenvalue weighted by molar-refractivity contribution is 0.0991. The van der Waals surface area contributed by atoms with Crippen LogP contribution in [0.15, 0.2) is 60.8 Å². The fraction of sp³-hybridized carbons (Fsp3) is 0.130. The summed E-state index contributed by atoms with van der Waals surface area (Å²) >= 11 is 6.41. The third-order valence-corrected chi connectivity index (χ3v) is 4.79. The summed E-state index contributed by atoms with van der Waals surface area (Å²) in [6, 6.07) is 16.2. The van der Waals surface area contributed by atoms with Gasteiger partial charge in [-0.15, -0.1) is 0 Å². The molecule has 0 fully saturated rings. The number of amides is 1. The van der Waals surface area contributed by atoms with Gasteiger partial charge in [-0.25, -0.2) is 9.97 Å². The Kier molecular flexibility index (Phi) is 6.32. The predicted molar refractivity (Wildman–Crippen MR) is 123 cm³/mol. The second-order valence-electron chi connectivity index (χ2n) is 6.75. The summed E-state index contributed by atoms with van der Waals surface area (Å²) in [6.07, 6.45) is 1.71. The van der Waals surface area contributed by atoms with Gasteiger partial charge >= 0.3 is 0 Å². The first-order valence-electron chi connectivity index (χ1n) is 9.87. The van der Waals surface area contributed by atoms with E-state index in [9.17, 15) is 4.79 Å². The van der Waals surface area contributed by atoms with Gasteiger partial charge < -0.3 is 20.5 Å². The number of halogens is 1. The number of rotatable bonds is 8. The van der Waals surface area contributed by atoms with E-state index in [1.54, 1.807) is 30.5 Å². The fourth-order valence-electron chi connectivity index (χ4n) is 3.04. The number of benzene rings is 2. The molecule has 32 heavy (non-hydrogen) atoms. The summed E-state index contributed by atoms with van der Waals surface area (Å²) in [4.78, 5) is 24.5. The number of nitrogens with two attached hydrogens (primary N) is 1. The fourth-order valence-corrected chi connectivity index (χ4v) is 3.27. The molecule has 3 N–H and O–H groups in total. The number of pyridine rings is 1. The molecule has 9 heteroatoms. The number of anilines is 2. The smallest absolute Gasteiger partial charge is 0.286 e. The van der Waals surface area contributed by atoms with Crippen LogP contribution >= 0.6 is 11.6 Å². The lowest BCUT2D eigenvalue weighted by Gasteiger charge is -2.13. The molecule has 0 saturated carbocycles. The lowest BCUT2D eigenvalue weighted by Crippen LogP contribution is -2.16. The van der Waals surface area contributed by atoms with Crippen molar-refractivity contribution in [3.8, 4) is 11.5 Å². The van der Waals surface area contributed by atoms with Gasteiger partial charge in [-0.3, -0.25) is 9.78 Å². The third kappa shape index (κ3) is 4.87. The van der Waals surface area contributed by atoms with Crippen molar-refractivity contribution in [3.05, 3.63) is 77.3 Å². The molecule has 0 radical (unpaired) electrons. The first-order chi connectivity index (χ1) is 15.5. The van der Waals surface area contributed by atoms with Gasteiger partial charge in [0.2, 0.25) is 5.82 Å². The second-order valence-corrected chi connectivity index (χ2v) is 7.16. The highest BCUT2D eigenvalue weighted by molar-refractivity contribution is 6.32. The largest absolute Gasteiger partial charge is 0.494 e. The summed E-state index contributed by atoms with van der Waals surface area (Å²) in [6.45, 7) is 2.70. The standard InChI is InChI=1S/C23H20ClN5O3/c1-2-31-16-7-8-17-19(12-16)28-23(21(25)30)29-22(17)27-14-6-9-20(18(24)11-14)32-13-15-5-3-4-10-26-15/h3-12H,2,13H2,1H3,(H2,25,30)(H,27,28,29). The van der Waals surface area contributed by atoms with E-state index in [4.69, 9.17) is 26.8 Å². The number of aromatic nitrogens is 3. The number of nitrogens with zero attached hydrogens (tertiary/aromatic N) is 3. The molecule has 0 spiro atoms. The Morgan fingerprint density at radius 2 is 1.97 bits per heavy atom. The highest BCUT2D eigenvalue weighted by Gasteiger charge is 2.14. The third-order valence-electron chi connectivity index (χ3n) is 4.50. The average molecular weight is 450 g/mol. The SMILES string of the molecule is CCOc1ccc2c(Nc3ccc(OCc4ccccn4)c(Cl)c3)nc(C(N)=O)nc2c1. The molecule has 4 rings (SSSR count). The molecular weight excluding hydrogens is 430 g/mol. The number of hydrogen-bond donors (Lipinski definition) is 2. The van der Waals surface area contributed by atoms with Crippen LogP contribution in [0.5, 0.6) is 11.5 Å². The minimum absolute atomic E-state index is 0.102. The minimum Gasteiger partial charge on any atom is -0.494 e. The molecule has 0 aliphatic heterocycles. The molecule has 8 nitrogen and oxygen atoms in total. The number of carbonyl (C=O) groups excluding carboxylic acids is 1. The Balaban J connectivity index is 1.60. The van der Waals surface area contributed by atoms with Crippen LogP contribution in [0.2, 0.25) is 5.02 Å². The summed E-state index contributed by atoms with van der Waals surface area (Å²) in [7, 11) is 0. The molecule has 0 aliphatic rings. The van der Waals surface area contributed by atoms with Crippen LogP contribution in [0, 0.1) is 0 Å². The van der Waals surface area contributed by atoms with E-state index in [0.29, 0.717) is 52.1 Å². The van der Waals surface area contributed by atoms with Gasteiger partial charge in [-0.2, -0.15) is 0 Å². The maximum absolute atomic E-state index is 11.7.